The van der Waals surface area contributed by atoms with Gasteiger partial charge in [-0.2, -0.15) is 0 Å². The third kappa shape index (κ3) is 4.75. The molecule has 0 saturated carbocycles. The van der Waals surface area contributed by atoms with Crippen LogP contribution in [-0.2, 0) is 4.79 Å². The Bertz CT molecular complexity index is 1090. The van der Waals surface area contributed by atoms with Crippen LogP contribution in [0.25, 0.3) is 11.1 Å². The molecule has 0 unspecified atom stereocenters. The maximum Gasteiger partial charge on any atom is 0.259 e. The highest BCUT2D eigenvalue weighted by Gasteiger charge is 2.14. The van der Waals surface area contributed by atoms with Crippen LogP contribution in [0.4, 0.5) is 17.2 Å². The van der Waals surface area contributed by atoms with E-state index in [4.69, 9.17) is 11.5 Å². The molecular weight excluding hydrogens is 370 g/mol. The second-order valence-electron chi connectivity index (χ2n) is 6.31. The number of nitrogens with two attached hydrogens (primary N) is 2. The molecule has 3 amide bonds. The molecule has 29 heavy (non-hydrogen) atoms. The third-order valence-electron chi connectivity index (χ3n) is 4.11. The van der Waals surface area contributed by atoms with Crippen LogP contribution in [-0.4, -0.2) is 22.7 Å². The predicted molar refractivity (Wildman–Crippen MR) is 111 cm³/mol. The van der Waals surface area contributed by atoms with Gasteiger partial charge < -0.3 is 22.1 Å². The van der Waals surface area contributed by atoms with Crippen LogP contribution in [0.2, 0.25) is 0 Å². The second kappa shape index (κ2) is 8.22. The number of amides is 3. The Labute approximate surface area is 166 Å². The number of hydrogen-bond donors (Lipinski definition) is 4. The lowest BCUT2D eigenvalue weighted by molar-refractivity contribution is -0.114. The zero-order chi connectivity index (χ0) is 21.0. The average Bonchev–Trinajstić information content (AvgIpc) is 2.69. The first-order valence-corrected chi connectivity index (χ1v) is 8.68. The van der Waals surface area contributed by atoms with Crippen molar-refractivity contribution >= 4 is 34.9 Å². The predicted octanol–water partition coefficient (Wildman–Crippen LogP) is 2.64. The molecule has 0 aliphatic heterocycles. The van der Waals surface area contributed by atoms with E-state index in [1.165, 1.54) is 13.1 Å². The third-order valence-corrected chi connectivity index (χ3v) is 4.11. The van der Waals surface area contributed by atoms with Gasteiger partial charge in [-0.1, -0.05) is 12.1 Å². The van der Waals surface area contributed by atoms with Crippen molar-refractivity contribution in [3.8, 4) is 11.1 Å². The molecule has 0 atom stereocenters. The van der Waals surface area contributed by atoms with Crippen LogP contribution in [0.3, 0.4) is 0 Å². The standard InChI is InChI=1S/C21H19N5O3/c1-12(27)25-16-5-7-17(8-6-16)26-21(29)18-10-15(11-24-19(18)22)13-3-2-4-14(9-13)20(23)28/h2-11H,1H3,(H2,22,24)(H2,23,28)(H,25,27)(H,26,29). The summed E-state index contributed by atoms with van der Waals surface area (Å²) in [5.41, 5.74) is 14.2. The van der Waals surface area contributed by atoms with Gasteiger partial charge in [0.1, 0.15) is 5.82 Å². The van der Waals surface area contributed by atoms with Gasteiger partial charge in [0.05, 0.1) is 5.56 Å². The van der Waals surface area contributed by atoms with Crippen LogP contribution in [0, 0.1) is 0 Å². The summed E-state index contributed by atoms with van der Waals surface area (Å²) in [6, 6.07) is 15.0. The molecule has 0 radical (unpaired) electrons. The van der Waals surface area contributed by atoms with Gasteiger partial charge in [0, 0.05) is 35.6 Å². The lowest BCUT2D eigenvalue weighted by Crippen LogP contribution is -2.15. The molecule has 1 heterocycles. The summed E-state index contributed by atoms with van der Waals surface area (Å²) in [4.78, 5) is 39.3. The largest absolute Gasteiger partial charge is 0.383 e. The molecule has 0 bridgehead atoms. The summed E-state index contributed by atoms with van der Waals surface area (Å²) in [5.74, 6) is -1.09. The van der Waals surface area contributed by atoms with Crippen molar-refractivity contribution in [3.05, 3.63) is 71.9 Å². The zero-order valence-electron chi connectivity index (χ0n) is 15.6. The highest BCUT2D eigenvalue weighted by molar-refractivity contribution is 6.08. The first-order chi connectivity index (χ1) is 13.8. The minimum atomic E-state index is -0.545. The summed E-state index contributed by atoms with van der Waals surface area (Å²) in [5, 5.41) is 5.39. The summed E-state index contributed by atoms with van der Waals surface area (Å²) in [6.07, 6.45) is 1.52. The van der Waals surface area contributed by atoms with Gasteiger partial charge in [0.25, 0.3) is 5.91 Å². The Balaban J connectivity index is 1.84. The number of nitrogens with zero attached hydrogens (tertiary/aromatic N) is 1. The monoisotopic (exact) mass is 389 g/mol. The molecular formula is C21H19N5O3. The molecule has 146 valence electrons. The van der Waals surface area contributed by atoms with Crippen LogP contribution in [0.15, 0.2) is 60.8 Å². The maximum atomic E-state index is 12.7. The minimum Gasteiger partial charge on any atom is -0.383 e. The van der Waals surface area contributed by atoms with Crippen molar-refractivity contribution in [3.63, 3.8) is 0 Å². The van der Waals surface area contributed by atoms with Gasteiger partial charge in [-0.15, -0.1) is 0 Å². The first-order valence-electron chi connectivity index (χ1n) is 8.68. The van der Waals surface area contributed by atoms with E-state index in [1.54, 1.807) is 54.6 Å². The average molecular weight is 389 g/mol. The fourth-order valence-electron chi connectivity index (χ4n) is 2.71. The normalized spacial score (nSPS) is 10.2. The van der Waals surface area contributed by atoms with Gasteiger partial charge in [0.15, 0.2) is 0 Å². The van der Waals surface area contributed by atoms with E-state index in [1.807, 2.05) is 0 Å². The fourth-order valence-corrected chi connectivity index (χ4v) is 2.71. The van der Waals surface area contributed by atoms with E-state index < -0.39 is 11.8 Å². The fraction of sp³-hybridized carbons (Fsp3) is 0.0476. The van der Waals surface area contributed by atoms with Gasteiger partial charge in [0.2, 0.25) is 11.8 Å². The second-order valence-corrected chi connectivity index (χ2v) is 6.31. The number of primary amides is 1. The number of nitrogens with one attached hydrogen (secondary N) is 2. The number of carbonyl (C=O) groups excluding carboxylic acids is 3. The van der Waals surface area contributed by atoms with Gasteiger partial charge in [-0.05, 0) is 48.0 Å². The van der Waals surface area contributed by atoms with Crippen LogP contribution in [0.5, 0.6) is 0 Å². The first kappa shape index (κ1) is 19.6. The number of pyridine rings is 1. The SMILES string of the molecule is CC(=O)Nc1ccc(NC(=O)c2cc(-c3cccc(C(N)=O)c3)cnc2N)cc1. The topological polar surface area (TPSA) is 140 Å². The van der Waals surface area contributed by atoms with Crippen LogP contribution >= 0.6 is 0 Å². The van der Waals surface area contributed by atoms with E-state index in [9.17, 15) is 14.4 Å². The lowest BCUT2D eigenvalue weighted by Gasteiger charge is -2.10. The molecule has 3 aromatic rings. The van der Waals surface area contributed by atoms with Crippen molar-refractivity contribution in [2.24, 2.45) is 5.73 Å². The van der Waals surface area contributed by atoms with E-state index in [0.29, 0.717) is 28.1 Å². The van der Waals surface area contributed by atoms with Gasteiger partial charge >= 0.3 is 0 Å². The molecule has 3 rings (SSSR count). The molecule has 6 N–H and O–H groups in total. The number of benzene rings is 2. The van der Waals surface area contributed by atoms with Crippen molar-refractivity contribution < 1.29 is 14.4 Å². The molecule has 8 nitrogen and oxygen atoms in total. The molecule has 1 aromatic heterocycles. The Morgan fingerprint density at radius 1 is 0.897 bits per heavy atom. The number of nitrogen functional groups attached to an aromatic ring is 1. The highest BCUT2D eigenvalue weighted by Crippen LogP contribution is 2.24. The molecule has 8 heteroatoms. The van der Waals surface area contributed by atoms with Gasteiger partial charge in [-0.25, -0.2) is 4.98 Å². The van der Waals surface area contributed by atoms with Crippen molar-refractivity contribution in [1.29, 1.82) is 0 Å². The summed E-state index contributed by atoms with van der Waals surface area (Å²) >= 11 is 0. The van der Waals surface area contributed by atoms with Crippen LogP contribution < -0.4 is 22.1 Å². The number of carbonyl (C=O) groups is 3. The molecule has 2 aromatic carbocycles. The maximum absolute atomic E-state index is 12.7. The quantitative estimate of drug-likeness (QED) is 0.531. The van der Waals surface area contributed by atoms with Gasteiger partial charge in [-0.3, -0.25) is 14.4 Å². The van der Waals surface area contributed by atoms with Crippen LogP contribution in [0.1, 0.15) is 27.6 Å². The molecule has 0 saturated heterocycles. The Hall–Kier alpha value is -4.20. The van der Waals surface area contributed by atoms with E-state index in [2.05, 4.69) is 15.6 Å². The number of hydrogen-bond acceptors (Lipinski definition) is 5. The number of anilines is 3. The molecule has 0 fully saturated rings. The smallest absolute Gasteiger partial charge is 0.259 e. The lowest BCUT2D eigenvalue weighted by atomic mass is 10.0. The van der Waals surface area contributed by atoms with E-state index >= 15 is 0 Å². The number of rotatable bonds is 5. The molecule has 0 aliphatic carbocycles. The molecule has 0 aliphatic rings. The Morgan fingerprint density at radius 2 is 1.55 bits per heavy atom. The summed E-state index contributed by atoms with van der Waals surface area (Å²) in [6.45, 7) is 1.41. The van der Waals surface area contributed by atoms with E-state index in [-0.39, 0.29) is 17.3 Å². The minimum absolute atomic E-state index is 0.0761. The zero-order valence-corrected chi connectivity index (χ0v) is 15.6. The van der Waals surface area contributed by atoms with Crippen molar-refractivity contribution in [1.82, 2.24) is 4.98 Å². The summed E-state index contributed by atoms with van der Waals surface area (Å²) < 4.78 is 0. The van der Waals surface area contributed by atoms with Crippen molar-refractivity contribution in [2.45, 2.75) is 6.92 Å². The highest BCUT2D eigenvalue weighted by atomic mass is 16.2. The summed E-state index contributed by atoms with van der Waals surface area (Å²) in [7, 11) is 0. The van der Waals surface area contributed by atoms with E-state index in [0.717, 1.165) is 0 Å². The van der Waals surface area contributed by atoms with Crippen molar-refractivity contribution in [2.75, 3.05) is 16.4 Å². The Kier molecular flexibility index (Phi) is 5.54. The molecule has 0 spiro atoms. The number of aromatic nitrogens is 1. The Morgan fingerprint density at radius 3 is 2.17 bits per heavy atom.